The monoisotopic (exact) mass is 312 g/mol. The molecule has 0 bridgehead atoms. The first-order valence-electron chi connectivity index (χ1n) is 6.76. The first-order chi connectivity index (χ1) is 11.1. The predicted molar refractivity (Wildman–Crippen MR) is 82.9 cm³/mol. The van der Waals surface area contributed by atoms with Gasteiger partial charge in [0.05, 0.1) is 18.1 Å². The van der Waals surface area contributed by atoms with E-state index in [0.29, 0.717) is 22.9 Å². The van der Waals surface area contributed by atoms with Crippen LogP contribution < -0.4 is 10.6 Å². The highest BCUT2D eigenvalue weighted by Crippen LogP contribution is 2.14. The number of halogens is 1. The number of amides is 2. The summed E-state index contributed by atoms with van der Waals surface area (Å²) in [4.78, 5) is 24.0. The van der Waals surface area contributed by atoms with Crippen LogP contribution in [0.15, 0.2) is 49.3 Å². The maximum Gasteiger partial charge on any atom is 0.323 e. The number of imidazole rings is 1. The number of hydrogen-bond donors (Lipinski definition) is 2. The number of aryl methyl sites for hydroxylation is 1. The molecule has 7 nitrogen and oxygen atoms in total. The highest BCUT2D eigenvalue weighted by molar-refractivity contribution is 5.99. The lowest BCUT2D eigenvalue weighted by atomic mass is 10.2. The van der Waals surface area contributed by atoms with E-state index in [2.05, 4.69) is 25.6 Å². The van der Waals surface area contributed by atoms with Crippen molar-refractivity contribution in [1.29, 1.82) is 0 Å². The van der Waals surface area contributed by atoms with Crippen LogP contribution in [0, 0.1) is 12.7 Å². The van der Waals surface area contributed by atoms with E-state index in [9.17, 15) is 9.18 Å². The Morgan fingerprint density at radius 2 is 1.91 bits per heavy atom. The third-order valence-electron chi connectivity index (χ3n) is 3.06. The van der Waals surface area contributed by atoms with Crippen molar-refractivity contribution in [3.05, 3.63) is 60.7 Å². The molecular formula is C15H13FN6O. The zero-order valence-corrected chi connectivity index (χ0v) is 12.2. The molecule has 0 aliphatic heterocycles. The van der Waals surface area contributed by atoms with Crippen LogP contribution >= 0.6 is 0 Å². The molecule has 3 aromatic rings. The quantitative estimate of drug-likeness (QED) is 0.779. The second-order valence-electron chi connectivity index (χ2n) is 4.78. The van der Waals surface area contributed by atoms with E-state index in [1.165, 1.54) is 18.5 Å². The van der Waals surface area contributed by atoms with Gasteiger partial charge in [0.15, 0.2) is 0 Å². The molecule has 3 rings (SSSR count). The number of rotatable bonds is 3. The Labute approximate surface area is 131 Å². The molecule has 0 aliphatic carbocycles. The minimum absolute atomic E-state index is 0.363. The lowest BCUT2D eigenvalue weighted by Gasteiger charge is -2.08. The van der Waals surface area contributed by atoms with Gasteiger partial charge in [-0.25, -0.2) is 24.1 Å². The van der Waals surface area contributed by atoms with Crippen LogP contribution in [0.3, 0.4) is 0 Å². The van der Waals surface area contributed by atoms with Crippen LogP contribution in [-0.2, 0) is 0 Å². The molecule has 1 aromatic carbocycles. The Morgan fingerprint density at radius 3 is 2.57 bits per heavy atom. The summed E-state index contributed by atoms with van der Waals surface area (Å²) in [7, 11) is 0. The Hall–Kier alpha value is -3.29. The van der Waals surface area contributed by atoms with E-state index >= 15 is 0 Å². The van der Waals surface area contributed by atoms with E-state index < -0.39 is 6.03 Å². The molecule has 2 aromatic heterocycles. The lowest BCUT2D eigenvalue weighted by Crippen LogP contribution is -2.20. The average Bonchev–Trinajstić information content (AvgIpc) is 3.06. The van der Waals surface area contributed by atoms with Gasteiger partial charge in [0, 0.05) is 18.1 Å². The van der Waals surface area contributed by atoms with Crippen molar-refractivity contribution in [2.45, 2.75) is 6.92 Å². The number of aromatic nitrogens is 4. The number of carbonyl (C=O) groups excluding carboxylic acids is 1. The number of benzene rings is 1. The molecule has 0 aliphatic rings. The standard InChI is InChI=1S/C15H13FN6O/c1-10-2-3-11(6-13(10)16)20-15(23)21-12-7-18-14(19-8-12)22-5-4-17-9-22/h2-9H,1H3,(H2,20,21,23). The predicted octanol–water partition coefficient (Wildman–Crippen LogP) is 2.75. The Balaban J connectivity index is 1.64. The molecule has 0 saturated carbocycles. The van der Waals surface area contributed by atoms with E-state index in [1.807, 2.05) is 0 Å². The summed E-state index contributed by atoms with van der Waals surface area (Å²) < 4.78 is 15.1. The molecule has 2 amide bonds. The molecule has 2 N–H and O–H groups in total. The Morgan fingerprint density at radius 1 is 1.17 bits per heavy atom. The van der Waals surface area contributed by atoms with Crippen LogP contribution in [0.4, 0.5) is 20.6 Å². The summed E-state index contributed by atoms with van der Waals surface area (Å²) >= 11 is 0. The van der Waals surface area contributed by atoms with Crippen LogP contribution in [0.5, 0.6) is 0 Å². The maximum absolute atomic E-state index is 13.4. The lowest BCUT2D eigenvalue weighted by molar-refractivity contribution is 0.262. The highest BCUT2D eigenvalue weighted by Gasteiger charge is 2.06. The minimum atomic E-state index is -0.507. The summed E-state index contributed by atoms with van der Waals surface area (Å²) in [5.41, 5.74) is 1.29. The van der Waals surface area contributed by atoms with Gasteiger partial charge < -0.3 is 10.6 Å². The summed E-state index contributed by atoms with van der Waals surface area (Å²) in [6.45, 7) is 1.65. The Bertz CT molecular complexity index is 816. The SMILES string of the molecule is Cc1ccc(NC(=O)Nc2cnc(-n3ccnc3)nc2)cc1F. The van der Waals surface area contributed by atoms with Gasteiger partial charge in [0.2, 0.25) is 5.95 Å². The third-order valence-corrected chi connectivity index (χ3v) is 3.06. The van der Waals surface area contributed by atoms with E-state index in [4.69, 9.17) is 0 Å². The van der Waals surface area contributed by atoms with Crippen molar-refractivity contribution in [1.82, 2.24) is 19.5 Å². The number of nitrogens with zero attached hydrogens (tertiary/aromatic N) is 4. The van der Waals surface area contributed by atoms with E-state index in [-0.39, 0.29) is 5.82 Å². The number of hydrogen-bond acceptors (Lipinski definition) is 4. The van der Waals surface area contributed by atoms with Gasteiger partial charge in [-0.2, -0.15) is 0 Å². The molecule has 23 heavy (non-hydrogen) atoms. The summed E-state index contributed by atoms with van der Waals surface area (Å²) in [6, 6.07) is 3.96. The first kappa shape index (κ1) is 14.6. The molecule has 0 radical (unpaired) electrons. The van der Waals surface area contributed by atoms with Crippen LogP contribution in [-0.4, -0.2) is 25.6 Å². The van der Waals surface area contributed by atoms with Gasteiger partial charge in [-0.3, -0.25) is 4.57 Å². The normalized spacial score (nSPS) is 10.3. The smallest absolute Gasteiger partial charge is 0.308 e. The second-order valence-corrected chi connectivity index (χ2v) is 4.78. The zero-order valence-electron chi connectivity index (χ0n) is 12.2. The molecule has 2 heterocycles. The van der Waals surface area contributed by atoms with Crippen molar-refractivity contribution in [2.24, 2.45) is 0 Å². The average molecular weight is 312 g/mol. The fourth-order valence-electron chi connectivity index (χ4n) is 1.86. The summed E-state index contributed by atoms with van der Waals surface area (Å²) in [6.07, 6.45) is 7.83. The van der Waals surface area contributed by atoms with Crippen molar-refractivity contribution >= 4 is 17.4 Å². The maximum atomic E-state index is 13.4. The van der Waals surface area contributed by atoms with Gasteiger partial charge in [0.1, 0.15) is 12.1 Å². The number of urea groups is 1. The van der Waals surface area contributed by atoms with Gasteiger partial charge in [-0.05, 0) is 24.6 Å². The van der Waals surface area contributed by atoms with Crippen LogP contribution in [0.25, 0.3) is 5.95 Å². The number of anilines is 2. The third kappa shape index (κ3) is 3.49. The fourth-order valence-corrected chi connectivity index (χ4v) is 1.86. The summed E-state index contributed by atoms with van der Waals surface area (Å²) in [5, 5.41) is 5.11. The van der Waals surface area contributed by atoms with Gasteiger partial charge in [-0.15, -0.1) is 0 Å². The molecular weight excluding hydrogens is 299 g/mol. The summed E-state index contributed by atoms with van der Waals surface area (Å²) in [5.74, 6) is 0.0601. The highest BCUT2D eigenvalue weighted by atomic mass is 19.1. The van der Waals surface area contributed by atoms with Crippen LogP contribution in [0.1, 0.15) is 5.56 Å². The zero-order chi connectivity index (χ0) is 16.2. The van der Waals surface area contributed by atoms with Gasteiger partial charge >= 0.3 is 6.03 Å². The van der Waals surface area contributed by atoms with Crippen molar-refractivity contribution in [2.75, 3.05) is 10.6 Å². The number of carbonyl (C=O) groups is 1. The topological polar surface area (TPSA) is 84.7 Å². The largest absolute Gasteiger partial charge is 0.323 e. The van der Waals surface area contributed by atoms with Gasteiger partial charge in [0.25, 0.3) is 0 Å². The second kappa shape index (κ2) is 6.22. The molecule has 0 spiro atoms. The van der Waals surface area contributed by atoms with Crippen molar-refractivity contribution in [3.8, 4) is 5.95 Å². The fraction of sp³-hybridized carbons (Fsp3) is 0.0667. The van der Waals surface area contributed by atoms with E-state index in [1.54, 1.807) is 42.3 Å². The Kier molecular flexibility index (Phi) is 3.96. The van der Waals surface area contributed by atoms with E-state index in [0.717, 1.165) is 0 Å². The number of nitrogens with one attached hydrogen (secondary N) is 2. The molecule has 0 fully saturated rings. The molecule has 0 unspecified atom stereocenters. The van der Waals surface area contributed by atoms with Gasteiger partial charge in [-0.1, -0.05) is 6.07 Å². The molecule has 0 atom stereocenters. The molecule has 116 valence electrons. The first-order valence-corrected chi connectivity index (χ1v) is 6.76. The molecule has 0 saturated heterocycles. The van der Waals surface area contributed by atoms with Crippen LogP contribution in [0.2, 0.25) is 0 Å². The van der Waals surface area contributed by atoms with Crippen molar-refractivity contribution < 1.29 is 9.18 Å². The minimum Gasteiger partial charge on any atom is -0.308 e. The van der Waals surface area contributed by atoms with Crippen molar-refractivity contribution in [3.63, 3.8) is 0 Å². The molecule has 8 heteroatoms.